The third-order valence-electron chi connectivity index (χ3n) is 1.24. The summed E-state index contributed by atoms with van der Waals surface area (Å²) >= 11 is 0. The number of rotatable bonds is 3. The van der Waals surface area contributed by atoms with Gasteiger partial charge >= 0.3 is 5.97 Å². The van der Waals surface area contributed by atoms with Crippen molar-refractivity contribution >= 4 is 5.97 Å². The average Bonchev–Trinajstić information content (AvgIpc) is 2.39. The number of aromatic amines is 1. The van der Waals surface area contributed by atoms with Crippen molar-refractivity contribution < 1.29 is 15.0 Å². The number of hydrogen-bond acceptors (Lipinski definition) is 3. The van der Waals surface area contributed by atoms with Gasteiger partial charge in [0.1, 0.15) is 0 Å². The lowest BCUT2D eigenvalue weighted by molar-refractivity contribution is -0.146. The fourth-order valence-corrected chi connectivity index (χ4v) is 0.688. The van der Waals surface area contributed by atoms with E-state index < -0.39 is 12.1 Å². The van der Waals surface area contributed by atoms with E-state index in [-0.39, 0.29) is 6.42 Å². The standard InChI is InChI=1S/C6H8N2O3/c9-5(6(10)11)1-4-2-7-3-8-4/h2-3,5,9H,1H2,(H,7,8)(H,10,11). The van der Waals surface area contributed by atoms with Crippen LogP contribution in [0.25, 0.3) is 0 Å². The molecule has 0 saturated heterocycles. The van der Waals surface area contributed by atoms with Crippen LogP contribution >= 0.6 is 0 Å². The van der Waals surface area contributed by atoms with Crippen molar-refractivity contribution in [2.24, 2.45) is 0 Å². The second kappa shape index (κ2) is 3.16. The molecule has 1 rings (SSSR count). The highest BCUT2D eigenvalue weighted by Crippen LogP contribution is 1.97. The summed E-state index contributed by atoms with van der Waals surface area (Å²) in [5.74, 6) is -1.23. The normalized spacial score (nSPS) is 12.8. The number of hydrogen-bond donors (Lipinski definition) is 3. The van der Waals surface area contributed by atoms with Gasteiger partial charge in [-0.2, -0.15) is 0 Å². The SMILES string of the molecule is O=C(O)C(O)Cc1c[nH]cn1. The molecule has 0 amide bonds. The summed E-state index contributed by atoms with van der Waals surface area (Å²) in [6.07, 6.45) is 1.66. The third kappa shape index (κ3) is 2.05. The van der Waals surface area contributed by atoms with Crippen LogP contribution in [-0.4, -0.2) is 32.3 Å². The van der Waals surface area contributed by atoms with E-state index >= 15 is 0 Å². The third-order valence-corrected chi connectivity index (χ3v) is 1.24. The van der Waals surface area contributed by atoms with Gasteiger partial charge < -0.3 is 15.2 Å². The van der Waals surface area contributed by atoms with Crippen LogP contribution in [0, 0.1) is 0 Å². The molecule has 1 heterocycles. The molecule has 1 aromatic heterocycles. The molecule has 0 aromatic carbocycles. The Bertz CT molecular complexity index is 232. The van der Waals surface area contributed by atoms with Gasteiger partial charge in [-0.25, -0.2) is 9.78 Å². The molecule has 3 N–H and O–H groups in total. The molecular formula is C6H8N2O3. The lowest BCUT2D eigenvalue weighted by Crippen LogP contribution is -2.22. The van der Waals surface area contributed by atoms with Gasteiger partial charge in [-0.1, -0.05) is 0 Å². The molecule has 5 nitrogen and oxygen atoms in total. The van der Waals surface area contributed by atoms with Crippen molar-refractivity contribution in [3.63, 3.8) is 0 Å². The lowest BCUT2D eigenvalue weighted by Gasteiger charge is -2.00. The fourth-order valence-electron chi connectivity index (χ4n) is 0.688. The van der Waals surface area contributed by atoms with Gasteiger partial charge in [-0.15, -0.1) is 0 Å². The van der Waals surface area contributed by atoms with Crippen LogP contribution in [0.1, 0.15) is 5.69 Å². The number of carbonyl (C=O) groups is 1. The first-order valence-corrected chi connectivity index (χ1v) is 3.08. The number of aliphatic hydroxyl groups excluding tert-OH is 1. The molecule has 0 aliphatic carbocycles. The van der Waals surface area contributed by atoms with E-state index in [4.69, 9.17) is 10.2 Å². The van der Waals surface area contributed by atoms with Crippen molar-refractivity contribution in [2.75, 3.05) is 0 Å². The van der Waals surface area contributed by atoms with Crippen molar-refractivity contribution in [3.05, 3.63) is 18.2 Å². The van der Waals surface area contributed by atoms with Crippen LogP contribution < -0.4 is 0 Å². The number of nitrogens with one attached hydrogen (secondary N) is 1. The first kappa shape index (κ1) is 7.74. The molecule has 60 valence electrons. The zero-order valence-electron chi connectivity index (χ0n) is 5.69. The van der Waals surface area contributed by atoms with Crippen molar-refractivity contribution in [3.8, 4) is 0 Å². The highest BCUT2D eigenvalue weighted by Gasteiger charge is 2.14. The Morgan fingerprint density at radius 3 is 3.00 bits per heavy atom. The van der Waals surface area contributed by atoms with Crippen molar-refractivity contribution in [2.45, 2.75) is 12.5 Å². The Hall–Kier alpha value is -1.36. The van der Waals surface area contributed by atoms with E-state index in [1.54, 1.807) is 6.20 Å². The molecule has 1 unspecified atom stereocenters. The Labute approximate surface area is 62.7 Å². The molecule has 11 heavy (non-hydrogen) atoms. The van der Waals surface area contributed by atoms with Gasteiger partial charge in [0.2, 0.25) is 0 Å². The minimum absolute atomic E-state index is 0.0405. The first-order chi connectivity index (χ1) is 5.20. The monoisotopic (exact) mass is 156 g/mol. The molecule has 0 aliphatic heterocycles. The maximum atomic E-state index is 10.1. The number of H-pyrrole nitrogens is 1. The van der Waals surface area contributed by atoms with E-state index in [1.165, 1.54) is 6.33 Å². The minimum atomic E-state index is -1.36. The zero-order valence-corrected chi connectivity index (χ0v) is 5.69. The van der Waals surface area contributed by atoms with Gasteiger partial charge in [0.05, 0.1) is 12.0 Å². The number of aromatic nitrogens is 2. The Morgan fingerprint density at radius 2 is 2.55 bits per heavy atom. The smallest absolute Gasteiger partial charge is 0.332 e. The topological polar surface area (TPSA) is 86.2 Å². The van der Waals surface area contributed by atoms with Crippen LogP contribution in [0.2, 0.25) is 0 Å². The summed E-state index contributed by atoms with van der Waals surface area (Å²) < 4.78 is 0. The molecule has 0 fully saturated rings. The maximum Gasteiger partial charge on any atom is 0.332 e. The summed E-state index contributed by atoms with van der Waals surface area (Å²) in [5.41, 5.74) is 0.542. The van der Waals surface area contributed by atoms with Gasteiger partial charge in [0.25, 0.3) is 0 Å². The molecule has 5 heteroatoms. The molecule has 1 aromatic rings. The van der Waals surface area contributed by atoms with Crippen molar-refractivity contribution in [1.29, 1.82) is 0 Å². The molecule has 0 aliphatic rings. The number of aliphatic carboxylic acids is 1. The van der Waals surface area contributed by atoms with Gasteiger partial charge in [-0.05, 0) is 0 Å². The van der Waals surface area contributed by atoms with Gasteiger partial charge in [-0.3, -0.25) is 0 Å². The average molecular weight is 156 g/mol. The highest BCUT2D eigenvalue weighted by atomic mass is 16.4. The van der Waals surface area contributed by atoms with Crippen LogP contribution in [0.3, 0.4) is 0 Å². The Kier molecular flexibility index (Phi) is 2.22. The Morgan fingerprint density at radius 1 is 1.82 bits per heavy atom. The molecule has 0 radical (unpaired) electrons. The summed E-state index contributed by atoms with van der Waals surface area (Å²) in [6, 6.07) is 0. The van der Waals surface area contributed by atoms with Gasteiger partial charge in [0, 0.05) is 12.6 Å². The molecule has 0 saturated carbocycles. The van der Waals surface area contributed by atoms with Crippen LogP contribution in [0.5, 0.6) is 0 Å². The lowest BCUT2D eigenvalue weighted by atomic mass is 10.2. The minimum Gasteiger partial charge on any atom is -0.479 e. The van der Waals surface area contributed by atoms with Crippen LogP contribution in [0.4, 0.5) is 0 Å². The zero-order chi connectivity index (χ0) is 8.27. The predicted molar refractivity (Wildman–Crippen MR) is 35.9 cm³/mol. The highest BCUT2D eigenvalue weighted by molar-refractivity contribution is 5.72. The summed E-state index contributed by atoms with van der Waals surface area (Å²) in [4.78, 5) is 16.6. The largest absolute Gasteiger partial charge is 0.479 e. The quantitative estimate of drug-likeness (QED) is 0.545. The maximum absolute atomic E-state index is 10.1. The van der Waals surface area contributed by atoms with E-state index in [0.29, 0.717) is 5.69 Å². The fraction of sp³-hybridized carbons (Fsp3) is 0.333. The van der Waals surface area contributed by atoms with Crippen LogP contribution in [-0.2, 0) is 11.2 Å². The summed E-state index contributed by atoms with van der Waals surface area (Å²) in [7, 11) is 0. The van der Waals surface area contributed by atoms with E-state index in [9.17, 15) is 4.79 Å². The van der Waals surface area contributed by atoms with Crippen LogP contribution in [0.15, 0.2) is 12.5 Å². The van der Waals surface area contributed by atoms with E-state index in [0.717, 1.165) is 0 Å². The molecular weight excluding hydrogens is 148 g/mol. The summed E-state index contributed by atoms with van der Waals surface area (Å²) in [6.45, 7) is 0. The predicted octanol–water partition coefficient (Wildman–Crippen LogP) is -0.602. The Balaban J connectivity index is 2.50. The molecule has 0 spiro atoms. The number of imidazole rings is 1. The van der Waals surface area contributed by atoms with Crippen molar-refractivity contribution in [1.82, 2.24) is 9.97 Å². The number of nitrogens with zero attached hydrogens (tertiary/aromatic N) is 1. The summed E-state index contributed by atoms with van der Waals surface area (Å²) in [5, 5.41) is 17.1. The number of carboxylic acid groups (broad SMARTS) is 1. The van der Waals surface area contributed by atoms with Gasteiger partial charge in [0.15, 0.2) is 6.10 Å². The second-order valence-corrected chi connectivity index (χ2v) is 2.12. The van der Waals surface area contributed by atoms with E-state index in [2.05, 4.69) is 9.97 Å². The van der Waals surface area contributed by atoms with E-state index in [1.807, 2.05) is 0 Å². The number of carboxylic acids is 1. The second-order valence-electron chi connectivity index (χ2n) is 2.12. The first-order valence-electron chi connectivity index (χ1n) is 3.08. The molecule has 0 bridgehead atoms. The molecule has 1 atom stereocenters. The number of aliphatic hydroxyl groups is 1.